The fourth-order valence-corrected chi connectivity index (χ4v) is 4.77. The Morgan fingerprint density at radius 3 is 2.28 bits per heavy atom. The molecule has 0 bridgehead atoms. The van der Waals surface area contributed by atoms with Crippen molar-refractivity contribution in [2.75, 3.05) is 32.1 Å². The molecule has 8 heteroatoms. The molecule has 25 heavy (non-hydrogen) atoms. The van der Waals surface area contributed by atoms with Gasteiger partial charge in [-0.3, -0.25) is 4.72 Å². The minimum absolute atomic E-state index is 0.219. The molecular formula is C17H39N3O3S2. The molecule has 0 aromatic rings. The second-order valence-corrected chi connectivity index (χ2v) is 8.93. The van der Waals surface area contributed by atoms with Gasteiger partial charge in [-0.15, -0.1) is 0 Å². The lowest BCUT2D eigenvalue weighted by Crippen LogP contribution is -2.33. The van der Waals surface area contributed by atoms with E-state index in [0.717, 1.165) is 50.8 Å². The van der Waals surface area contributed by atoms with Crippen molar-refractivity contribution in [1.29, 1.82) is 0 Å². The Morgan fingerprint density at radius 2 is 1.68 bits per heavy atom. The second kappa shape index (κ2) is 17.9. The summed E-state index contributed by atoms with van der Waals surface area (Å²) in [6.07, 6.45) is 4.78. The summed E-state index contributed by atoms with van der Waals surface area (Å²) in [7, 11) is 3.47. The zero-order chi connectivity index (χ0) is 18.9. The largest absolute Gasteiger partial charge is 0.396 e. The second-order valence-electron chi connectivity index (χ2n) is 6.75. The summed E-state index contributed by atoms with van der Waals surface area (Å²) < 4.78 is 3.50. The van der Waals surface area contributed by atoms with E-state index in [-0.39, 0.29) is 13.2 Å². The summed E-state index contributed by atoms with van der Waals surface area (Å²) in [5.41, 5.74) is 5.41. The highest BCUT2D eigenvalue weighted by Gasteiger charge is 2.14. The molecule has 0 rings (SSSR count). The van der Waals surface area contributed by atoms with E-state index in [0.29, 0.717) is 24.5 Å². The monoisotopic (exact) mass is 397 g/mol. The van der Waals surface area contributed by atoms with Crippen molar-refractivity contribution < 1.29 is 15.3 Å². The molecule has 0 amide bonds. The molecule has 0 aliphatic carbocycles. The van der Waals surface area contributed by atoms with Gasteiger partial charge in [0.1, 0.15) is 0 Å². The average Bonchev–Trinajstić information content (AvgIpc) is 2.60. The van der Waals surface area contributed by atoms with Crippen molar-refractivity contribution in [2.24, 2.45) is 11.7 Å². The van der Waals surface area contributed by atoms with Gasteiger partial charge in [0.25, 0.3) is 0 Å². The third-order valence-corrected chi connectivity index (χ3v) is 6.24. The van der Waals surface area contributed by atoms with Crippen molar-refractivity contribution in [1.82, 2.24) is 10.0 Å². The molecule has 6 nitrogen and oxygen atoms in total. The molecule has 0 aliphatic rings. The first-order chi connectivity index (χ1) is 12.0. The summed E-state index contributed by atoms with van der Waals surface area (Å²) in [5.74, 6) is 1.50. The molecule has 0 aromatic carbocycles. The number of hydrogen-bond acceptors (Lipinski definition) is 8. The van der Waals surface area contributed by atoms with Gasteiger partial charge in [0, 0.05) is 37.6 Å². The van der Waals surface area contributed by atoms with Gasteiger partial charge in [-0.2, -0.15) is 0 Å². The van der Waals surface area contributed by atoms with Crippen LogP contribution in [0.5, 0.6) is 0 Å². The highest BCUT2D eigenvalue weighted by molar-refractivity contribution is 8.76. The van der Waals surface area contributed by atoms with Crippen LogP contribution < -0.4 is 15.8 Å². The quantitative estimate of drug-likeness (QED) is 0.117. The summed E-state index contributed by atoms with van der Waals surface area (Å²) in [6.45, 7) is 6.03. The zero-order valence-electron chi connectivity index (χ0n) is 15.8. The van der Waals surface area contributed by atoms with Gasteiger partial charge in [0.15, 0.2) is 0 Å². The predicted octanol–water partition coefficient (Wildman–Crippen LogP) is 1.50. The number of hydrogen-bond donors (Lipinski definition) is 6. The van der Waals surface area contributed by atoms with Gasteiger partial charge in [-0.1, -0.05) is 24.6 Å². The van der Waals surface area contributed by atoms with E-state index in [9.17, 15) is 5.11 Å². The van der Waals surface area contributed by atoms with Crippen molar-refractivity contribution in [2.45, 2.75) is 70.6 Å². The van der Waals surface area contributed by atoms with Crippen LogP contribution in [-0.4, -0.2) is 65.6 Å². The predicted molar refractivity (Wildman–Crippen MR) is 111 cm³/mol. The maximum atomic E-state index is 9.48. The Kier molecular flexibility index (Phi) is 18.2. The first kappa shape index (κ1) is 25.5. The summed E-state index contributed by atoms with van der Waals surface area (Å²) in [5, 5.41) is 31.0. The maximum absolute atomic E-state index is 9.48. The molecule has 0 saturated carbocycles. The molecule has 0 saturated heterocycles. The Bertz CT molecular complexity index is 290. The van der Waals surface area contributed by atoms with Crippen LogP contribution in [0.2, 0.25) is 0 Å². The van der Waals surface area contributed by atoms with Gasteiger partial charge < -0.3 is 26.4 Å². The fraction of sp³-hybridized carbons (Fsp3) is 1.00. The van der Waals surface area contributed by atoms with Gasteiger partial charge >= 0.3 is 0 Å². The van der Waals surface area contributed by atoms with E-state index >= 15 is 0 Å². The van der Waals surface area contributed by atoms with Crippen LogP contribution in [-0.2, 0) is 0 Å². The molecule has 7 N–H and O–H groups in total. The maximum Gasteiger partial charge on any atom is 0.0662 e. The van der Waals surface area contributed by atoms with Crippen molar-refractivity contribution >= 4 is 21.8 Å². The Labute approximate surface area is 161 Å². The molecule has 3 atom stereocenters. The highest BCUT2D eigenvalue weighted by Crippen LogP contribution is 2.23. The van der Waals surface area contributed by atoms with Gasteiger partial charge in [0.05, 0.1) is 6.10 Å². The molecule has 0 aromatic heterocycles. The van der Waals surface area contributed by atoms with Crippen LogP contribution in [0.15, 0.2) is 0 Å². The van der Waals surface area contributed by atoms with E-state index in [2.05, 4.69) is 23.9 Å². The van der Waals surface area contributed by atoms with E-state index in [1.165, 1.54) is 0 Å². The smallest absolute Gasteiger partial charge is 0.0662 e. The Hall–Kier alpha value is 0.460. The van der Waals surface area contributed by atoms with E-state index in [1.807, 2.05) is 0 Å². The van der Waals surface area contributed by atoms with Crippen molar-refractivity contribution in [3.8, 4) is 0 Å². The van der Waals surface area contributed by atoms with Crippen LogP contribution in [0.4, 0.5) is 0 Å². The van der Waals surface area contributed by atoms with E-state index < -0.39 is 6.10 Å². The first-order valence-corrected chi connectivity index (χ1v) is 11.7. The molecular weight excluding hydrogens is 358 g/mol. The van der Waals surface area contributed by atoms with Gasteiger partial charge in [-0.05, 0) is 62.0 Å². The number of nitrogens with two attached hydrogens (primary N) is 1. The van der Waals surface area contributed by atoms with Crippen molar-refractivity contribution in [3.63, 3.8) is 0 Å². The minimum atomic E-state index is -0.404. The highest BCUT2D eigenvalue weighted by atomic mass is 33.1. The molecule has 1 unspecified atom stereocenters. The van der Waals surface area contributed by atoms with Gasteiger partial charge in [-0.25, -0.2) is 0 Å². The van der Waals surface area contributed by atoms with Gasteiger partial charge in [0.2, 0.25) is 0 Å². The number of nitrogens with one attached hydrogen (secondary N) is 2. The van der Waals surface area contributed by atoms with Crippen LogP contribution in [0, 0.1) is 5.92 Å². The summed E-state index contributed by atoms with van der Waals surface area (Å²) in [4.78, 5) is 0. The van der Waals surface area contributed by atoms with Crippen LogP contribution in [0.3, 0.4) is 0 Å². The lowest BCUT2D eigenvalue weighted by atomic mass is 10.0. The Balaban J connectivity index is 3.99. The topological polar surface area (TPSA) is 111 Å². The lowest BCUT2D eigenvalue weighted by Gasteiger charge is -2.22. The number of aliphatic hydroxyl groups is 3. The molecule has 152 valence electrons. The lowest BCUT2D eigenvalue weighted by molar-refractivity contribution is 0.169. The van der Waals surface area contributed by atoms with Crippen LogP contribution in [0.1, 0.15) is 52.4 Å². The first-order valence-electron chi connectivity index (χ1n) is 9.42. The summed E-state index contributed by atoms with van der Waals surface area (Å²) in [6, 6.07) is 0.766. The molecule has 0 heterocycles. The minimum Gasteiger partial charge on any atom is -0.396 e. The number of aliphatic hydroxyl groups excluding tert-OH is 3. The van der Waals surface area contributed by atoms with E-state index in [1.54, 1.807) is 21.8 Å². The zero-order valence-corrected chi connectivity index (χ0v) is 17.5. The fourth-order valence-electron chi connectivity index (χ4n) is 2.40. The Morgan fingerprint density at radius 1 is 1.00 bits per heavy atom. The molecule has 0 radical (unpaired) electrons. The van der Waals surface area contributed by atoms with Crippen LogP contribution in [0.25, 0.3) is 0 Å². The molecule has 0 aliphatic heterocycles. The third kappa shape index (κ3) is 15.2. The van der Waals surface area contributed by atoms with E-state index in [4.69, 9.17) is 15.9 Å². The molecule has 0 spiro atoms. The SMILES string of the molecule is CC(C)C(CCCO)NSSC[C@@H](CCCO)NCCC[C@H](O)CN. The average molecular weight is 398 g/mol. The van der Waals surface area contributed by atoms with Crippen LogP contribution >= 0.6 is 21.8 Å². The summed E-state index contributed by atoms with van der Waals surface area (Å²) >= 11 is 0. The normalized spacial score (nSPS) is 15.5. The number of rotatable bonds is 18. The standard InChI is InChI=1S/C17H39N3O3S2/c1-14(2)17(8-5-11-22)20-25-24-13-15(6-4-10-21)19-9-3-7-16(23)12-18/h14-17,19-23H,3-13,18H2,1-2H3/t15-,16+,17?/m1/s1. The molecule has 0 fully saturated rings. The van der Waals surface area contributed by atoms with Crippen molar-refractivity contribution in [3.05, 3.63) is 0 Å². The third-order valence-electron chi connectivity index (χ3n) is 4.14.